The molecule has 0 bridgehead atoms. The fourth-order valence-electron chi connectivity index (χ4n) is 3.96. The molecule has 7 heteroatoms. The molecule has 2 rings (SSSR count). The van der Waals surface area contributed by atoms with Crippen LogP contribution >= 0.6 is 24.0 Å². The van der Waals surface area contributed by atoms with Gasteiger partial charge in [0, 0.05) is 45.2 Å². The van der Waals surface area contributed by atoms with Crippen molar-refractivity contribution in [1.29, 1.82) is 0 Å². The predicted molar refractivity (Wildman–Crippen MR) is 132 cm³/mol. The number of piperidine rings is 1. The van der Waals surface area contributed by atoms with Gasteiger partial charge in [0.05, 0.1) is 6.54 Å². The lowest BCUT2D eigenvalue weighted by Crippen LogP contribution is -2.52. The zero-order valence-corrected chi connectivity index (χ0v) is 20.7. The third kappa shape index (κ3) is 7.44. The monoisotopic (exact) mass is 515 g/mol. The fraction of sp³-hybridized carbons (Fsp3) is 0.636. The predicted octanol–water partition coefficient (Wildman–Crippen LogP) is 2.74. The standard InChI is InChI=1S/C22H37N5O.HI/c1-5-22(6-2,18-10-8-7-9-11-18)17-25-21(24-4)26-19-12-14-27(15-13-19)16-20(28)23-3;/h7-11,19H,5-6,12-17H2,1-4H3,(H,23,28)(H2,24,25,26);1H. The lowest BCUT2D eigenvalue weighted by molar-refractivity contribution is -0.122. The van der Waals surface area contributed by atoms with Crippen LogP contribution in [0, 0.1) is 0 Å². The summed E-state index contributed by atoms with van der Waals surface area (Å²) in [6.07, 6.45) is 4.19. The minimum absolute atomic E-state index is 0. The van der Waals surface area contributed by atoms with Gasteiger partial charge in [-0.1, -0.05) is 44.2 Å². The van der Waals surface area contributed by atoms with Gasteiger partial charge in [-0.3, -0.25) is 14.7 Å². The van der Waals surface area contributed by atoms with Gasteiger partial charge in [-0.2, -0.15) is 0 Å². The lowest BCUT2D eigenvalue weighted by Gasteiger charge is -2.35. The first kappa shape index (κ1) is 25.7. The normalized spacial score (nSPS) is 16.1. The van der Waals surface area contributed by atoms with Gasteiger partial charge >= 0.3 is 0 Å². The molecule has 6 nitrogen and oxygen atoms in total. The molecule has 0 radical (unpaired) electrons. The number of amides is 1. The Hall–Kier alpha value is -1.35. The molecule has 29 heavy (non-hydrogen) atoms. The Morgan fingerprint density at radius 2 is 1.79 bits per heavy atom. The van der Waals surface area contributed by atoms with Gasteiger partial charge in [-0.15, -0.1) is 24.0 Å². The van der Waals surface area contributed by atoms with Gasteiger partial charge in [-0.25, -0.2) is 0 Å². The molecule has 1 fully saturated rings. The number of carbonyl (C=O) groups excluding carboxylic acids is 1. The van der Waals surface area contributed by atoms with E-state index in [-0.39, 0.29) is 35.3 Å². The molecule has 1 saturated heterocycles. The van der Waals surface area contributed by atoms with Crippen LogP contribution in [0.5, 0.6) is 0 Å². The van der Waals surface area contributed by atoms with Crippen LogP contribution in [0.15, 0.2) is 35.3 Å². The quantitative estimate of drug-likeness (QED) is 0.283. The van der Waals surface area contributed by atoms with Crippen molar-refractivity contribution >= 4 is 35.8 Å². The van der Waals surface area contributed by atoms with Gasteiger partial charge in [-0.05, 0) is 31.2 Å². The molecule has 1 heterocycles. The third-order valence-corrected chi connectivity index (χ3v) is 6.13. The van der Waals surface area contributed by atoms with Crippen LogP contribution in [-0.4, -0.2) is 63.1 Å². The minimum Gasteiger partial charge on any atom is -0.358 e. The van der Waals surface area contributed by atoms with Gasteiger partial charge < -0.3 is 16.0 Å². The zero-order chi connectivity index (χ0) is 20.4. The van der Waals surface area contributed by atoms with E-state index in [0.29, 0.717) is 12.6 Å². The molecule has 0 saturated carbocycles. The highest BCUT2D eigenvalue weighted by molar-refractivity contribution is 14.0. The summed E-state index contributed by atoms with van der Waals surface area (Å²) >= 11 is 0. The largest absolute Gasteiger partial charge is 0.358 e. The molecule has 1 aliphatic heterocycles. The summed E-state index contributed by atoms with van der Waals surface area (Å²) in [5.41, 5.74) is 1.49. The minimum atomic E-state index is 0. The Bertz CT molecular complexity index is 625. The highest BCUT2D eigenvalue weighted by Crippen LogP contribution is 2.30. The summed E-state index contributed by atoms with van der Waals surface area (Å²) in [4.78, 5) is 18.2. The molecule has 0 unspecified atom stereocenters. The van der Waals surface area contributed by atoms with Gasteiger partial charge in [0.25, 0.3) is 0 Å². The Labute approximate surface area is 193 Å². The average Bonchev–Trinajstić information content (AvgIpc) is 2.75. The summed E-state index contributed by atoms with van der Waals surface area (Å²) < 4.78 is 0. The first-order chi connectivity index (χ1) is 13.6. The van der Waals surface area contributed by atoms with Crippen molar-refractivity contribution in [3.05, 3.63) is 35.9 Å². The first-order valence-electron chi connectivity index (χ1n) is 10.5. The number of rotatable bonds is 8. The maximum atomic E-state index is 11.5. The summed E-state index contributed by atoms with van der Waals surface area (Å²) in [6.45, 7) is 7.73. The lowest BCUT2D eigenvalue weighted by atomic mass is 9.76. The van der Waals surface area contributed by atoms with Crippen LogP contribution in [0.25, 0.3) is 0 Å². The van der Waals surface area contributed by atoms with E-state index in [1.807, 2.05) is 7.05 Å². The van der Waals surface area contributed by atoms with Crippen molar-refractivity contribution in [2.24, 2.45) is 4.99 Å². The van der Waals surface area contributed by atoms with Crippen LogP contribution in [0.2, 0.25) is 0 Å². The van der Waals surface area contributed by atoms with Crippen molar-refractivity contribution in [1.82, 2.24) is 20.9 Å². The number of likely N-dealkylation sites (tertiary alicyclic amines) is 1. The van der Waals surface area contributed by atoms with Crippen molar-refractivity contribution in [2.75, 3.05) is 40.3 Å². The van der Waals surface area contributed by atoms with E-state index in [1.165, 1.54) is 5.56 Å². The molecule has 1 aromatic carbocycles. The summed E-state index contributed by atoms with van der Waals surface area (Å²) in [5, 5.41) is 9.84. The molecule has 1 aliphatic rings. The number of nitrogens with one attached hydrogen (secondary N) is 3. The second kappa shape index (κ2) is 13.1. The zero-order valence-electron chi connectivity index (χ0n) is 18.3. The van der Waals surface area contributed by atoms with Crippen LogP contribution in [0.3, 0.4) is 0 Å². The number of aliphatic imine (C=N–C) groups is 1. The Morgan fingerprint density at radius 1 is 1.17 bits per heavy atom. The first-order valence-corrected chi connectivity index (χ1v) is 10.5. The van der Waals surface area contributed by atoms with E-state index in [4.69, 9.17) is 0 Å². The molecular formula is C22H38IN5O. The Kier molecular flexibility index (Phi) is 11.6. The van der Waals surface area contributed by atoms with Crippen LogP contribution in [-0.2, 0) is 10.2 Å². The van der Waals surface area contributed by atoms with E-state index in [0.717, 1.165) is 51.3 Å². The number of benzene rings is 1. The van der Waals surface area contributed by atoms with E-state index in [1.54, 1.807) is 7.05 Å². The van der Waals surface area contributed by atoms with Crippen molar-refractivity contribution < 1.29 is 4.79 Å². The van der Waals surface area contributed by atoms with E-state index in [2.05, 4.69) is 70.0 Å². The number of carbonyl (C=O) groups is 1. The molecule has 0 aromatic heterocycles. The number of likely N-dealkylation sites (N-methyl/N-ethyl adjacent to an activating group) is 1. The SMILES string of the molecule is CCC(CC)(CNC(=NC)NC1CCN(CC(=O)NC)CC1)c1ccccc1.I. The maximum absolute atomic E-state index is 11.5. The van der Waals surface area contributed by atoms with E-state index in [9.17, 15) is 4.79 Å². The van der Waals surface area contributed by atoms with E-state index < -0.39 is 0 Å². The molecule has 1 aromatic rings. The van der Waals surface area contributed by atoms with Crippen LogP contribution in [0.1, 0.15) is 45.1 Å². The summed E-state index contributed by atoms with van der Waals surface area (Å²) in [7, 11) is 3.52. The topological polar surface area (TPSA) is 68.8 Å². The smallest absolute Gasteiger partial charge is 0.233 e. The molecule has 1 amide bonds. The van der Waals surface area contributed by atoms with E-state index >= 15 is 0 Å². The maximum Gasteiger partial charge on any atom is 0.233 e. The van der Waals surface area contributed by atoms with Gasteiger partial charge in [0.1, 0.15) is 0 Å². The number of guanidine groups is 1. The van der Waals surface area contributed by atoms with Gasteiger partial charge in [0.15, 0.2) is 5.96 Å². The number of hydrogen-bond donors (Lipinski definition) is 3. The average molecular weight is 515 g/mol. The Morgan fingerprint density at radius 3 is 2.31 bits per heavy atom. The fourth-order valence-corrected chi connectivity index (χ4v) is 3.96. The molecule has 0 aliphatic carbocycles. The third-order valence-electron chi connectivity index (χ3n) is 6.13. The molecule has 164 valence electrons. The molecular weight excluding hydrogens is 477 g/mol. The van der Waals surface area contributed by atoms with Crippen molar-refractivity contribution in [2.45, 2.75) is 51.0 Å². The summed E-state index contributed by atoms with van der Waals surface area (Å²) in [5.74, 6) is 0.951. The van der Waals surface area contributed by atoms with Crippen molar-refractivity contribution in [3.63, 3.8) is 0 Å². The van der Waals surface area contributed by atoms with Gasteiger partial charge in [0.2, 0.25) is 5.91 Å². The second-order valence-corrected chi connectivity index (χ2v) is 7.65. The number of halogens is 1. The van der Waals surface area contributed by atoms with Crippen LogP contribution < -0.4 is 16.0 Å². The molecule has 0 atom stereocenters. The van der Waals surface area contributed by atoms with Crippen molar-refractivity contribution in [3.8, 4) is 0 Å². The number of hydrogen-bond acceptors (Lipinski definition) is 3. The number of nitrogens with zero attached hydrogens (tertiary/aromatic N) is 2. The Balaban J connectivity index is 0.00000420. The van der Waals surface area contributed by atoms with Crippen LogP contribution in [0.4, 0.5) is 0 Å². The highest BCUT2D eigenvalue weighted by atomic mass is 127. The molecule has 3 N–H and O–H groups in total. The highest BCUT2D eigenvalue weighted by Gasteiger charge is 2.29. The molecule has 0 spiro atoms. The summed E-state index contributed by atoms with van der Waals surface area (Å²) in [6, 6.07) is 11.2. The second-order valence-electron chi connectivity index (χ2n) is 7.65.